The molecule has 2 aliphatic rings. The molecule has 162 valence electrons. The number of nitrogens with one attached hydrogen (secondary N) is 1. The molecule has 30 heavy (non-hydrogen) atoms. The third-order valence-corrected chi connectivity index (χ3v) is 8.03. The predicted molar refractivity (Wildman–Crippen MR) is 110 cm³/mol. The number of sulfonamides is 1. The summed E-state index contributed by atoms with van der Waals surface area (Å²) in [6.07, 6.45) is 4.40. The van der Waals surface area contributed by atoms with Gasteiger partial charge in [-0.2, -0.15) is 4.31 Å². The van der Waals surface area contributed by atoms with Gasteiger partial charge >= 0.3 is 0 Å². The molecule has 0 aromatic carbocycles. The fourth-order valence-corrected chi connectivity index (χ4v) is 5.90. The molecule has 13 heteroatoms. The Morgan fingerprint density at radius 2 is 1.83 bits per heavy atom. The van der Waals surface area contributed by atoms with Crippen LogP contribution in [-0.4, -0.2) is 86.3 Å². The van der Waals surface area contributed by atoms with Crippen LogP contribution in [0.4, 0.5) is 10.8 Å². The van der Waals surface area contributed by atoms with Gasteiger partial charge in [0.25, 0.3) is 5.91 Å². The van der Waals surface area contributed by atoms with Crippen molar-refractivity contribution in [2.24, 2.45) is 0 Å². The number of rotatable bonds is 5. The highest BCUT2D eigenvalue weighted by Gasteiger charge is 2.32. The van der Waals surface area contributed by atoms with Gasteiger partial charge in [0.2, 0.25) is 10.0 Å². The molecule has 4 rings (SSSR count). The standard InChI is InChI=1S/C17H22N6O5S2/c24-16(20-25)14-11-19-17(29-14)22-3-5-23(6-4-22)30(26,27)15-12-18-2-1-13(15)21-7-9-28-10-8-21/h1-2,11-12,25H,3-10H2,(H,20,24). The molecule has 0 radical (unpaired) electrons. The first kappa shape index (κ1) is 20.9. The molecule has 2 fully saturated rings. The van der Waals surface area contributed by atoms with Crippen LogP contribution in [0.15, 0.2) is 29.6 Å². The van der Waals surface area contributed by atoms with Crippen LogP contribution in [0.25, 0.3) is 0 Å². The molecular formula is C17H22N6O5S2. The molecule has 4 heterocycles. The summed E-state index contributed by atoms with van der Waals surface area (Å²) in [4.78, 5) is 24.2. The maximum absolute atomic E-state index is 13.3. The zero-order valence-corrected chi connectivity index (χ0v) is 17.7. The van der Waals surface area contributed by atoms with Crippen LogP contribution in [0.2, 0.25) is 0 Å². The smallest absolute Gasteiger partial charge is 0.286 e. The molecule has 0 saturated carbocycles. The van der Waals surface area contributed by atoms with Crippen LogP contribution in [0.3, 0.4) is 0 Å². The first-order chi connectivity index (χ1) is 14.5. The molecule has 2 N–H and O–H groups in total. The molecule has 2 aromatic rings. The van der Waals surface area contributed by atoms with Crippen LogP contribution in [0.5, 0.6) is 0 Å². The Morgan fingerprint density at radius 1 is 1.10 bits per heavy atom. The number of morpholine rings is 1. The Labute approximate surface area is 177 Å². The number of hydrogen-bond acceptors (Lipinski definition) is 10. The normalized spacial score (nSPS) is 18.4. The van der Waals surface area contributed by atoms with Gasteiger partial charge in [0.05, 0.1) is 25.1 Å². The Hall–Kier alpha value is -2.32. The van der Waals surface area contributed by atoms with E-state index in [1.807, 2.05) is 9.80 Å². The number of carbonyl (C=O) groups is 1. The summed E-state index contributed by atoms with van der Waals surface area (Å²) in [6, 6.07) is 1.73. The van der Waals surface area contributed by atoms with E-state index in [-0.39, 0.29) is 9.77 Å². The maximum atomic E-state index is 13.3. The number of amides is 1. The zero-order chi connectivity index (χ0) is 21.1. The third-order valence-electron chi connectivity index (χ3n) is 5.06. The number of carbonyl (C=O) groups excluding carboxylic acids is 1. The number of pyridine rings is 1. The molecule has 2 saturated heterocycles. The molecule has 0 unspecified atom stereocenters. The van der Waals surface area contributed by atoms with E-state index >= 15 is 0 Å². The van der Waals surface area contributed by atoms with Crippen LogP contribution in [0.1, 0.15) is 9.67 Å². The number of hydroxylamine groups is 1. The predicted octanol–water partition coefficient (Wildman–Crippen LogP) is 0.00460. The molecule has 0 bridgehead atoms. The van der Waals surface area contributed by atoms with Crippen molar-refractivity contribution < 1.29 is 23.2 Å². The second-order valence-electron chi connectivity index (χ2n) is 6.78. The van der Waals surface area contributed by atoms with Crippen molar-refractivity contribution in [2.45, 2.75) is 4.90 Å². The van der Waals surface area contributed by atoms with E-state index in [1.54, 1.807) is 17.7 Å². The lowest BCUT2D eigenvalue weighted by Gasteiger charge is -2.35. The Morgan fingerprint density at radius 3 is 2.53 bits per heavy atom. The number of thiazole rings is 1. The Bertz CT molecular complexity index is 1000. The number of aromatic nitrogens is 2. The highest BCUT2D eigenvalue weighted by atomic mass is 32.2. The molecule has 2 aliphatic heterocycles. The molecule has 0 aliphatic carbocycles. The minimum absolute atomic E-state index is 0.205. The van der Waals surface area contributed by atoms with Crippen molar-refractivity contribution in [3.05, 3.63) is 29.5 Å². The molecular weight excluding hydrogens is 432 g/mol. The van der Waals surface area contributed by atoms with Gasteiger partial charge in [0, 0.05) is 51.7 Å². The van der Waals surface area contributed by atoms with Gasteiger partial charge in [-0.15, -0.1) is 0 Å². The van der Waals surface area contributed by atoms with E-state index in [1.165, 1.54) is 16.7 Å². The van der Waals surface area contributed by atoms with Crippen LogP contribution >= 0.6 is 11.3 Å². The first-order valence-corrected chi connectivity index (χ1v) is 11.7. The Kier molecular flexibility index (Phi) is 6.15. The number of nitrogens with zero attached hydrogens (tertiary/aromatic N) is 5. The van der Waals surface area contributed by atoms with Crippen LogP contribution < -0.4 is 15.3 Å². The van der Waals surface area contributed by atoms with Crippen molar-refractivity contribution in [3.63, 3.8) is 0 Å². The van der Waals surface area contributed by atoms with E-state index < -0.39 is 15.9 Å². The van der Waals surface area contributed by atoms with E-state index in [4.69, 9.17) is 9.94 Å². The largest absolute Gasteiger partial charge is 0.378 e. The van der Waals surface area contributed by atoms with Crippen LogP contribution in [-0.2, 0) is 14.8 Å². The first-order valence-electron chi connectivity index (χ1n) is 9.43. The fourth-order valence-electron chi connectivity index (χ4n) is 3.47. The summed E-state index contributed by atoms with van der Waals surface area (Å²) in [6.45, 7) is 3.86. The molecule has 11 nitrogen and oxygen atoms in total. The summed E-state index contributed by atoms with van der Waals surface area (Å²) in [5, 5.41) is 9.35. The lowest BCUT2D eigenvalue weighted by Crippen LogP contribution is -2.49. The highest BCUT2D eigenvalue weighted by Crippen LogP contribution is 2.29. The lowest BCUT2D eigenvalue weighted by molar-refractivity contribution is 0.0710. The van der Waals surface area contributed by atoms with Gasteiger partial charge in [-0.05, 0) is 6.07 Å². The SMILES string of the molecule is O=C(NO)c1cnc(N2CCN(S(=O)(=O)c3cnccc3N3CCOCC3)CC2)s1. The second kappa shape index (κ2) is 8.81. The molecule has 1 amide bonds. The van der Waals surface area contributed by atoms with Crippen LogP contribution in [0, 0.1) is 0 Å². The second-order valence-corrected chi connectivity index (χ2v) is 9.70. The summed E-state index contributed by atoms with van der Waals surface area (Å²) >= 11 is 1.14. The van der Waals surface area contributed by atoms with Gasteiger partial charge in [-0.1, -0.05) is 11.3 Å². The topological polar surface area (TPSA) is 128 Å². The number of hydrogen-bond donors (Lipinski definition) is 2. The lowest BCUT2D eigenvalue weighted by atomic mass is 10.3. The maximum Gasteiger partial charge on any atom is 0.286 e. The number of piperazine rings is 1. The van der Waals surface area contributed by atoms with Gasteiger partial charge in [0.15, 0.2) is 5.13 Å². The number of ether oxygens (including phenoxy) is 1. The van der Waals surface area contributed by atoms with Gasteiger partial charge in [-0.25, -0.2) is 18.9 Å². The zero-order valence-electron chi connectivity index (χ0n) is 16.1. The minimum atomic E-state index is -3.71. The Balaban J connectivity index is 1.48. The van der Waals surface area contributed by atoms with Gasteiger partial charge < -0.3 is 14.5 Å². The van der Waals surface area contributed by atoms with Crippen molar-refractivity contribution in [3.8, 4) is 0 Å². The number of anilines is 2. The summed E-state index contributed by atoms with van der Waals surface area (Å²) in [5.74, 6) is -0.618. The summed E-state index contributed by atoms with van der Waals surface area (Å²) < 4.78 is 33.5. The van der Waals surface area contributed by atoms with E-state index in [0.29, 0.717) is 63.3 Å². The molecule has 0 spiro atoms. The molecule has 0 atom stereocenters. The minimum Gasteiger partial charge on any atom is -0.378 e. The average molecular weight is 455 g/mol. The third kappa shape index (κ3) is 4.11. The molecule has 2 aromatic heterocycles. The van der Waals surface area contributed by atoms with Crippen molar-refractivity contribution in [1.29, 1.82) is 0 Å². The van der Waals surface area contributed by atoms with Crippen molar-refractivity contribution in [1.82, 2.24) is 19.8 Å². The quantitative estimate of drug-likeness (QED) is 0.474. The summed E-state index contributed by atoms with van der Waals surface area (Å²) in [5.41, 5.74) is 2.23. The van der Waals surface area contributed by atoms with Gasteiger partial charge in [0.1, 0.15) is 9.77 Å². The monoisotopic (exact) mass is 454 g/mol. The van der Waals surface area contributed by atoms with E-state index in [2.05, 4.69) is 9.97 Å². The van der Waals surface area contributed by atoms with E-state index in [0.717, 1.165) is 11.3 Å². The fraction of sp³-hybridized carbons (Fsp3) is 0.471. The van der Waals surface area contributed by atoms with Crippen molar-refractivity contribution in [2.75, 3.05) is 62.3 Å². The van der Waals surface area contributed by atoms with E-state index in [9.17, 15) is 13.2 Å². The van der Waals surface area contributed by atoms with Gasteiger partial charge in [-0.3, -0.25) is 15.0 Å². The average Bonchev–Trinajstić information content (AvgIpc) is 3.29. The highest BCUT2D eigenvalue weighted by molar-refractivity contribution is 7.89. The van der Waals surface area contributed by atoms with Crippen molar-refractivity contribution >= 4 is 38.1 Å². The summed E-state index contributed by atoms with van der Waals surface area (Å²) in [7, 11) is -3.71.